The highest BCUT2D eigenvalue weighted by Gasteiger charge is 2.05. The van der Waals surface area contributed by atoms with Crippen LogP contribution in [0.5, 0.6) is 17.2 Å². The van der Waals surface area contributed by atoms with Crippen molar-refractivity contribution in [1.29, 1.82) is 0 Å². The molecule has 6 heteroatoms. The number of benzene rings is 2. The first-order valence-corrected chi connectivity index (χ1v) is 8.14. The van der Waals surface area contributed by atoms with Crippen LogP contribution in [0.1, 0.15) is 23.1 Å². The molecule has 0 atom stereocenters. The Morgan fingerprint density at radius 3 is 2.04 bits per heavy atom. The summed E-state index contributed by atoms with van der Waals surface area (Å²) in [5.74, 6) is -0.461. The Hall–Kier alpha value is -3.38. The van der Waals surface area contributed by atoms with Gasteiger partial charge in [0.25, 0.3) is 0 Å². The number of hydrogen-bond acceptors (Lipinski definition) is 6. The van der Waals surface area contributed by atoms with Gasteiger partial charge in [-0.05, 0) is 47.5 Å². The summed E-state index contributed by atoms with van der Waals surface area (Å²) in [5.41, 5.74) is 1.64. The lowest BCUT2D eigenvalue weighted by molar-refractivity contribution is -0.121. The fourth-order valence-corrected chi connectivity index (χ4v) is 2.30. The molecule has 6 nitrogen and oxygen atoms in total. The highest BCUT2D eigenvalue weighted by molar-refractivity contribution is 6.10. The van der Waals surface area contributed by atoms with Crippen molar-refractivity contribution in [1.82, 2.24) is 0 Å². The predicted molar refractivity (Wildman–Crippen MR) is 101 cm³/mol. The average Bonchev–Trinajstić information content (AvgIpc) is 2.66. The summed E-state index contributed by atoms with van der Waals surface area (Å²) in [5, 5.41) is 28.2. The summed E-state index contributed by atoms with van der Waals surface area (Å²) in [6, 6.07) is 9.22. The first kappa shape index (κ1) is 19.9. The Kier molecular flexibility index (Phi) is 6.91. The van der Waals surface area contributed by atoms with Crippen molar-refractivity contribution >= 4 is 23.7 Å². The molecule has 0 spiro atoms. The topological polar surface area (TPSA) is 104 Å². The summed E-state index contributed by atoms with van der Waals surface area (Å²) in [6.07, 6.45) is 5.34. The van der Waals surface area contributed by atoms with Crippen molar-refractivity contribution in [3.8, 4) is 17.2 Å². The van der Waals surface area contributed by atoms with Crippen LogP contribution in [0.4, 0.5) is 0 Å². The van der Waals surface area contributed by atoms with Crippen molar-refractivity contribution in [3.63, 3.8) is 0 Å². The van der Waals surface area contributed by atoms with Crippen molar-refractivity contribution in [2.75, 3.05) is 7.11 Å². The zero-order valence-corrected chi connectivity index (χ0v) is 14.8. The van der Waals surface area contributed by atoms with Crippen LogP contribution in [-0.4, -0.2) is 34.0 Å². The van der Waals surface area contributed by atoms with Gasteiger partial charge >= 0.3 is 0 Å². The van der Waals surface area contributed by atoms with Crippen molar-refractivity contribution in [3.05, 3.63) is 65.2 Å². The van der Waals surface area contributed by atoms with Crippen molar-refractivity contribution in [2.24, 2.45) is 0 Å². The zero-order chi connectivity index (χ0) is 19.8. The van der Waals surface area contributed by atoms with Gasteiger partial charge in [-0.2, -0.15) is 0 Å². The van der Waals surface area contributed by atoms with Gasteiger partial charge in [-0.15, -0.1) is 0 Å². The molecule has 27 heavy (non-hydrogen) atoms. The third kappa shape index (κ3) is 5.83. The van der Waals surface area contributed by atoms with E-state index in [2.05, 4.69) is 0 Å². The fraction of sp³-hybridized carbons (Fsp3) is 0.143. The maximum absolute atomic E-state index is 11.9. The highest BCUT2D eigenvalue weighted by atomic mass is 16.5. The number of aliphatic hydroxyl groups is 1. The molecular weight excluding hydrogens is 348 g/mol. The number of ketones is 2. The molecule has 3 N–H and O–H groups in total. The van der Waals surface area contributed by atoms with E-state index in [0.717, 1.165) is 0 Å². The summed E-state index contributed by atoms with van der Waals surface area (Å²) in [4.78, 5) is 23.8. The van der Waals surface area contributed by atoms with Crippen LogP contribution in [0.15, 0.2) is 48.6 Å². The molecule has 0 radical (unpaired) electrons. The number of allylic oxidation sites excluding steroid dienone is 2. The second-order valence-electron chi connectivity index (χ2n) is 5.75. The van der Waals surface area contributed by atoms with E-state index in [4.69, 9.17) is 9.84 Å². The van der Waals surface area contributed by atoms with E-state index in [-0.39, 0.29) is 36.1 Å². The SMILES string of the molecule is COc1cc(/C=C\C(=O)CC(=O)/C=C\c2ccc(O)c(CO)c2)ccc1O. The summed E-state index contributed by atoms with van der Waals surface area (Å²) >= 11 is 0. The number of carbonyl (C=O) groups is 2. The normalized spacial score (nSPS) is 11.2. The molecule has 0 aliphatic heterocycles. The molecular formula is C21H20O6. The molecule has 0 saturated carbocycles. The Morgan fingerprint density at radius 1 is 0.926 bits per heavy atom. The second kappa shape index (κ2) is 9.35. The Balaban J connectivity index is 1.96. The third-order valence-corrected chi connectivity index (χ3v) is 3.75. The monoisotopic (exact) mass is 368 g/mol. The van der Waals surface area contributed by atoms with Gasteiger partial charge in [0, 0.05) is 5.56 Å². The number of aromatic hydroxyl groups is 2. The van der Waals surface area contributed by atoms with Gasteiger partial charge in [0.2, 0.25) is 0 Å². The smallest absolute Gasteiger partial charge is 0.163 e. The zero-order valence-electron chi connectivity index (χ0n) is 14.8. The molecule has 2 aromatic rings. The van der Waals surface area contributed by atoms with E-state index in [0.29, 0.717) is 22.4 Å². The minimum atomic E-state index is -0.369. The molecule has 0 heterocycles. The Bertz CT molecular complexity index is 822. The third-order valence-electron chi connectivity index (χ3n) is 3.75. The van der Waals surface area contributed by atoms with E-state index in [1.807, 2.05) is 0 Å². The van der Waals surface area contributed by atoms with Gasteiger partial charge < -0.3 is 20.1 Å². The molecule has 0 fully saturated rings. The largest absolute Gasteiger partial charge is 0.508 e. The minimum absolute atomic E-state index is 0.000113. The van der Waals surface area contributed by atoms with Crippen LogP contribution in [0.3, 0.4) is 0 Å². The van der Waals surface area contributed by atoms with E-state index in [1.54, 1.807) is 24.3 Å². The quantitative estimate of drug-likeness (QED) is 0.489. The van der Waals surface area contributed by atoms with E-state index in [9.17, 15) is 19.8 Å². The number of phenolic OH excluding ortho intramolecular Hbond substituents is 1. The molecule has 0 aromatic heterocycles. The highest BCUT2D eigenvalue weighted by Crippen LogP contribution is 2.26. The lowest BCUT2D eigenvalue weighted by Gasteiger charge is -2.03. The maximum Gasteiger partial charge on any atom is 0.163 e. The standard InChI is InChI=1S/C21H20O6/c1-27-21-11-15(5-9-20(21)26)3-7-18(24)12-17(23)6-2-14-4-8-19(25)16(10-14)13-22/h2-11,22,25-26H,12-13H2,1H3/b6-2-,7-3-. The summed E-state index contributed by atoms with van der Waals surface area (Å²) in [7, 11) is 1.43. The van der Waals surface area contributed by atoms with E-state index < -0.39 is 0 Å². The molecule has 0 saturated heterocycles. The van der Waals surface area contributed by atoms with E-state index >= 15 is 0 Å². The second-order valence-corrected chi connectivity index (χ2v) is 5.75. The van der Waals surface area contributed by atoms with Gasteiger partial charge in [0.15, 0.2) is 23.1 Å². The number of ether oxygens (including phenoxy) is 1. The van der Waals surface area contributed by atoms with Crippen LogP contribution in [0.2, 0.25) is 0 Å². The van der Waals surface area contributed by atoms with Crippen LogP contribution >= 0.6 is 0 Å². The fourth-order valence-electron chi connectivity index (χ4n) is 2.30. The van der Waals surface area contributed by atoms with Crippen LogP contribution in [0.25, 0.3) is 12.2 Å². The number of hydrogen-bond donors (Lipinski definition) is 3. The van der Waals surface area contributed by atoms with Crippen LogP contribution in [0, 0.1) is 0 Å². The maximum atomic E-state index is 11.9. The van der Waals surface area contributed by atoms with Gasteiger partial charge in [-0.3, -0.25) is 9.59 Å². The molecule has 0 aliphatic rings. The molecule has 0 bridgehead atoms. The molecule has 2 rings (SSSR count). The molecule has 2 aromatic carbocycles. The van der Waals surface area contributed by atoms with Gasteiger partial charge in [-0.1, -0.05) is 24.3 Å². The number of carbonyl (C=O) groups excluding carboxylic acids is 2. The lowest BCUT2D eigenvalue weighted by atomic mass is 10.1. The van der Waals surface area contributed by atoms with Crippen LogP contribution in [-0.2, 0) is 16.2 Å². The number of aliphatic hydroxyl groups excluding tert-OH is 1. The number of rotatable bonds is 8. The Morgan fingerprint density at radius 2 is 1.48 bits per heavy atom. The van der Waals surface area contributed by atoms with Gasteiger partial charge in [-0.25, -0.2) is 0 Å². The van der Waals surface area contributed by atoms with E-state index in [1.165, 1.54) is 43.5 Å². The molecule has 0 aliphatic carbocycles. The average molecular weight is 368 g/mol. The predicted octanol–water partition coefficient (Wildman–Crippen LogP) is 2.85. The van der Waals surface area contributed by atoms with Crippen molar-refractivity contribution in [2.45, 2.75) is 13.0 Å². The summed E-state index contributed by atoms with van der Waals surface area (Å²) in [6.45, 7) is -0.313. The number of methoxy groups -OCH3 is 1. The molecule has 140 valence electrons. The van der Waals surface area contributed by atoms with Gasteiger partial charge in [0.1, 0.15) is 5.75 Å². The first-order valence-electron chi connectivity index (χ1n) is 8.14. The molecule has 0 amide bonds. The molecule has 0 unspecified atom stereocenters. The lowest BCUT2D eigenvalue weighted by Crippen LogP contribution is -2.01. The Labute approximate surface area is 156 Å². The summed E-state index contributed by atoms with van der Waals surface area (Å²) < 4.78 is 4.99. The minimum Gasteiger partial charge on any atom is -0.508 e. The first-order chi connectivity index (χ1) is 12.9. The van der Waals surface area contributed by atoms with Crippen LogP contribution < -0.4 is 4.74 Å². The number of phenols is 2. The van der Waals surface area contributed by atoms with Gasteiger partial charge in [0.05, 0.1) is 20.1 Å². The van der Waals surface area contributed by atoms with Crippen molar-refractivity contribution < 1.29 is 29.6 Å².